The zero-order valence-corrected chi connectivity index (χ0v) is 16.7. The van der Waals surface area contributed by atoms with E-state index in [2.05, 4.69) is 17.4 Å². The fourth-order valence-electron chi connectivity index (χ4n) is 4.91. The maximum absolute atomic E-state index is 12.5. The van der Waals surface area contributed by atoms with Gasteiger partial charge in [-0.3, -0.25) is 4.79 Å². The molecule has 2 aliphatic rings. The number of carbonyl (C=O) groups is 1. The molecule has 0 aromatic heterocycles. The molecule has 3 nitrogen and oxygen atoms in total. The third-order valence-corrected chi connectivity index (χ3v) is 6.54. The Kier molecular flexibility index (Phi) is 6.11. The third kappa shape index (κ3) is 4.47. The molecule has 4 rings (SSSR count). The minimum Gasteiger partial charge on any atom is -0.374 e. The molecule has 1 unspecified atom stereocenters. The van der Waals surface area contributed by atoms with E-state index >= 15 is 0 Å². The van der Waals surface area contributed by atoms with E-state index < -0.39 is 0 Å². The first-order chi connectivity index (χ1) is 13.8. The van der Waals surface area contributed by atoms with E-state index in [1.165, 1.54) is 56.8 Å². The molecule has 1 heterocycles. The van der Waals surface area contributed by atoms with Gasteiger partial charge in [0.15, 0.2) is 0 Å². The zero-order chi connectivity index (χ0) is 19.2. The van der Waals surface area contributed by atoms with Crippen LogP contribution in [0.2, 0.25) is 0 Å². The highest BCUT2D eigenvalue weighted by Gasteiger charge is 2.41. The van der Waals surface area contributed by atoms with Crippen molar-refractivity contribution in [2.24, 2.45) is 5.41 Å². The van der Waals surface area contributed by atoms with Crippen molar-refractivity contribution >= 4 is 22.4 Å². The quantitative estimate of drug-likeness (QED) is 0.643. The average Bonchev–Trinajstić information content (AvgIpc) is 3.15. The second-order valence-corrected chi connectivity index (χ2v) is 8.44. The fourth-order valence-corrected chi connectivity index (χ4v) is 4.91. The summed E-state index contributed by atoms with van der Waals surface area (Å²) in [6.45, 7) is 0.821. The highest BCUT2D eigenvalue weighted by atomic mass is 16.5. The molecule has 0 radical (unpaired) electrons. The number of hydrogen-bond acceptors (Lipinski definition) is 2. The molecule has 2 aromatic carbocycles. The minimum atomic E-state index is -0.0796. The molecule has 3 heteroatoms. The molecule has 1 N–H and O–H groups in total. The van der Waals surface area contributed by atoms with Gasteiger partial charge in [-0.05, 0) is 48.2 Å². The predicted octanol–water partition coefficient (Wildman–Crippen LogP) is 6.24. The Labute approximate surface area is 168 Å². The van der Waals surface area contributed by atoms with E-state index in [1.54, 1.807) is 6.08 Å². The molecule has 1 atom stereocenters. The van der Waals surface area contributed by atoms with Crippen LogP contribution in [0.3, 0.4) is 0 Å². The number of nitrogens with one attached hydrogen (secondary N) is 1. The summed E-state index contributed by atoms with van der Waals surface area (Å²) in [6, 6.07) is 14.2. The molecule has 1 aliphatic carbocycles. The van der Waals surface area contributed by atoms with Crippen molar-refractivity contribution in [1.82, 2.24) is 0 Å². The Hall–Kier alpha value is -2.13. The molecule has 1 saturated heterocycles. The summed E-state index contributed by atoms with van der Waals surface area (Å²) in [4.78, 5) is 12.5. The van der Waals surface area contributed by atoms with Crippen molar-refractivity contribution in [3.8, 4) is 0 Å². The fraction of sp³-hybridized carbons (Fsp3) is 0.480. The molecular formula is C25H31NO2. The van der Waals surface area contributed by atoms with E-state index in [0.29, 0.717) is 0 Å². The lowest BCUT2D eigenvalue weighted by Gasteiger charge is -2.32. The smallest absolute Gasteiger partial charge is 0.248 e. The number of anilines is 1. The molecule has 28 heavy (non-hydrogen) atoms. The van der Waals surface area contributed by atoms with Crippen molar-refractivity contribution in [2.75, 3.05) is 11.9 Å². The van der Waals surface area contributed by atoms with Crippen molar-refractivity contribution in [3.05, 3.63) is 54.6 Å². The van der Waals surface area contributed by atoms with Gasteiger partial charge in [0.25, 0.3) is 0 Å². The largest absolute Gasteiger partial charge is 0.374 e. The Morgan fingerprint density at radius 3 is 2.43 bits per heavy atom. The van der Waals surface area contributed by atoms with Crippen LogP contribution in [0.1, 0.15) is 57.8 Å². The molecule has 2 aromatic rings. The number of hydrogen-bond donors (Lipinski definition) is 1. The lowest BCUT2D eigenvalue weighted by Crippen LogP contribution is -2.30. The van der Waals surface area contributed by atoms with Crippen molar-refractivity contribution in [1.29, 1.82) is 0 Å². The van der Waals surface area contributed by atoms with E-state index in [9.17, 15) is 4.79 Å². The topological polar surface area (TPSA) is 38.3 Å². The van der Waals surface area contributed by atoms with Gasteiger partial charge in [-0.1, -0.05) is 68.9 Å². The summed E-state index contributed by atoms with van der Waals surface area (Å²) >= 11 is 0. The summed E-state index contributed by atoms with van der Waals surface area (Å²) in [5.74, 6) is -0.0796. The van der Waals surface area contributed by atoms with Crippen LogP contribution < -0.4 is 5.32 Å². The predicted molar refractivity (Wildman–Crippen MR) is 115 cm³/mol. The van der Waals surface area contributed by atoms with Gasteiger partial charge in [0.05, 0.1) is 6.10 Å². The molecule has 1 aliphatic heterocycles. The molecule has 1 saturated carbocycles. The maximum atomic E-state index is 12.5. The zero-order valence-electron chi connectivity index (χ0n) is 16.7. The maximum Gasteiger partial charge on any atom is 0.248 e. The number of rotatable bonds is 3. The Morgan fingerprint density at radius 1 is 0.929 bits per heavy atom. The monoisotopic (exact) mass is 377 g/mol. The first kappa shape index (κ1) is 19.2. The lowest BCUT2D eigenvalue weighted by molar-refractivity contribution is -0.112. The minimum absolute atomic E-state index is 0.0768. The summed E-state index contributed by atoms with van der Waals surface area (Å²) in [5.41, 5.74) is 1.07. The first-order valence-corrected chi connectivity index (χ1v) is 10.8. The molecule has 148 valence electrons. The Morgan fingerprint density at radius 2 is 1.64 bits per heavy atom. The van der Waals surface area contributed by atoms with Gasteiger partial charge < -0.3 is 10.1 Å². The number of ether oxygens (including phenoxy) is 1. The van der Waals surface area contributed by atoms with Crippen LogP contribution in [0.5, 0.6) is 0 Å². The second kappa shape index (κ2) is 8.91. The van der Waals surface area contributed by atoms with Gasteiger partial charge in [0, 0.05) is 23.8 Å². The lowest BCUT2D eigenvalue weighted by atomic mass is 9.73. The molecule has 2 fully saturated rings. The number of fused-ring (bicyclic) bond motifs is 1. The van der Waals surface area contributed by atoms with Crippen molar-refractivity contribution in [2.45, 2.75) is 63.9 Å². The SMILES string of the molecule is O=C(/C=C/C1OCCC12CCCCCCCC2)Nc1ccc2ccccc2c1. The Balaban J connectivity index is 1.42. The van der Waals surface area contributed by atoms with Crippen LogP contribution in [-0.4, -0.2) is 18.6 Å². The summed E-state index contributed by atoms with van der Waals surface area (Å²) < 4.78 is 6.07. The van der Waals surface area contributed by atoms with Gasteiger partial charge >= 0.3 is 0 Å². The van der Waals surface area contributed by atoms with Crippen LogP contribution in [0.25, 0.3) is 10.8 Å². The van der Waals surface area contributed by atoms with Crippen LogP contribution in [0.15, 0.2) is 54.6 Å². The highest BCUT2D eigenvalue weighted by molar-refractivity contribution is 6.00. The first-order valence-electron chi connectivity index (χ1n) is 10.8. The van der Waals surface area contributed by atoms with Gasteiger partial charge in [-0.25, -0.2) is 0 Å². The normalized spacial score (nSPS) is 22.8. The summed E-state index contributed by atoms with van der Waals surface area (Å²) in [6.07, 6.45) is 15.3. The van der Waals surface area contributed by atoms with Gasteiger partial charge in [-0.15, -0.1) is 0 Å². The van der Waals surface area contributed by atoms with E-state index in [4.69, 9.17) is 4.74 Å². The van der Waals surface area contributed by atoms with Crippen molar-refractivity contribution in [3.63, 3.8) is 0 Å². The number of carbonyl (C=O) groups excluding carboxylic acids is 1. The third-order valence-electron chi connectivity index (χ3n) is 6.54. The standard InChI is InChI=1S/C25H31NO2/c27-24(26-22-12-11-20-9-5-6-10-21(20)19-22)14-13-23-25(17-18-28-23)15-7-3-1-2-4-8-16-25/h5-6,9-14,19,23H,1-4,7-8,15-18H2,(H,26,27)/b14-13+. The number of benzene rings is 2. The van der Waals surface area contributed by atoms with E-state index in [-0.39, 0.29) is 17.4 Å². The summed E-state index contributed by atoms with van der Waals surface area (Å²) in [5, 5.41) is 5.31. The van der Waals surface area contributed by atoms with Crippen LogP contribution in [0, 0.1) is 5.41 Å². The van der Waals surface area contributed by atoms with Crippen LogP contribution in [-0.2, 0) is 9.53 Å². The Bertz CT molecular complexity index is 831. The van der Waals surface area contributed by atoms with E-state index in [1.807, 2.05) is 36.4 Å². The second-order valence-electron chi connectivity index (χ2n) is 8.44. The molecule has 1 amide bonds. The average molecular weight is 378 g/mol. The van der Waals surface area contributed by atoms with Gasteiger partial charge in [0.1, 0.15) is 0 Å². The highest BCUT2D eigenvalue weighted by Crippen LogP contribution is 2.45. The van der Waals surface area contributed by atoms with Crippen LogP contribution >= 0.6 is 0 Å². The summed E-state index contributed by atoms with van der Waals surface area (Å²) in [7, 11) is 0. The molecule has 1 spiro atoms. The molecular weight excluding hydrogens is 346 g/mol. The van der Waals surface area contributed by atoms with Crippen molar-refractivity contribution < 1.29 is 9.53 Å². The van der Waals surface area contributed by atoms with Crippen LogP contribution in [0.4, 0.5) is 5.69 Å². The van der Waals surface area contributed by atoms with Gasteiger partial charge in [0.2, 0.25) is 5.91 Å². The van der Waals surface area contributed by atoms with E-state index in [0.717, 1.165) is 24.1 Å². The molecule has 0 bridgehead atoms. The van der Waals surface area contributed by atoms with Gasteiger partial charge in [-0.2, -0.15) is 0 Å². The number of amides is 1.